The summed E-state index contributed by atoms with van der Waals surface area (Å²) < 4.78 is 0. The van der Waals surface area contributed by atoms with Crippen LogP contribution in [0.3, 0.4) is 0 Å². The molecular weight excluding hydrogens is 174 g/mol. The Balaban J connectivity index is 2.62. The molecule has 0 bridgehead atoms. The fourth-order valence-corrected chi connectivity index (χ4v) is 1.51. The summed E-state index contributed by atoms with van der Waals surface area (Å²) in [7, 11) is 0. The molecule has 72 valence electrons. The summed E-state index contributed by atoms with van der Waals surface area (Å²) in [5, 5.41) is 10.5. The highest BCUT2D eigenvalue weighted by Gasteiger charge is 2.02. The smallest absolute Gasteiger partial charge is 0.0762 e. The monoisotopic (exact) mass is 187 g/mol. The van der Waals surface area contributed by atoms with Crippen LogP contribution in [0, 0.1) is 6.92 Å². The van der Waals surface area contributed by atoms with Gasteiger partial charge in [-0.05, 0) is 37.6 Å². The third-order valence-corrected chi connectivity index (χ3v) is 2.33. The summed E-state index contributed by atoms with van der Waals surface area (Å²) in [6.45, 7) is 3.74. The SMILES string of the molecule is Cc1ccc2cc([C@@H](C)O)ccc2n1. The van der Waals surface area contributed by atoms with Crippen molar-refractivity contribution < 1.29 is 5.11 Å². The molecule has 0 saturated heterocycles. The van der Waals surface area contributed by atoms with E-state index in [0.717, 1.165) is 22.2 Å². The first-order chi connectivity index (χ1) is 6.66. The molecule has 0 aliphatic carbocycles. The molecule has 0 unspecified atom stereocenters. The third kappa shape index (κ3) is 1.61. The van der Waals surface area contributed by atoms with Gasteiger partial charge in [-0.25, -0.2) is 0 Å². The summed E-state index contributed by atoms with van der Waals surface area (Å²) in [5.41, 5.74) is 2.93. The van der Waals surface area contributed by atoms with E-state index in [4.69, 9.17) is 0 Å². The summed E-state index contributed by atoms with van der Waals surface area (Å²) in [5.74, 6) is 0. The highest BCUT2D eigenvalue weighted by atomic mass is 16.3. The maximum atomic E-state index is 9.42. The van der Waals surface area contributed by atoms with E-state index in [1.54, 1.807) is 6.92 Å². The molecule has 2 aromatic rings. The number of hydrogen-bond donors (Lipinski definition) is 1. The molecule has 14 heavy (non-hydrogen) atoms. The van der Waals surface area contributed by atoms with Gasteiger partial charge in [0.05, 0.1) is 11.6 Å². The van der Waals surface area contributed by atoms with E-state index in [0.29, 0.717) is 0 Å². The molecule has 0 radical (unpaired) electrons. The van der Waals surface area contributed by atoms with Crippen LogP contribution in [0.2, 0.25) is 0 Å². The van der Waals surface area contributed by atoms with E-state index in [-0.39, 0.29) is 0 Å². The average molecular weight is 187 g/mol. The van der Waals surface area contributed by atoms with Gasteiger partial charge in [0.1, 0.15) is 0 Å². The third-order valence-electron chi connectivity index (χ3n) is 2.33. The van der Waals surface area contributed by atoms with Crippen LogP contribution in [0.15, 0.2) is 30.3 Å². The van der Waals surface area contributed by atoms with Crippen LogP contribution < -0.4 is 0 Å². The van der Waals surface area contributed by atoms with Gasteiger partial charge in [-0.2, -0.15) is 0 Å². The first-order valence-corrected chi connectivity index (χ1v) is 4.72. The first-order valence-electron chi connectivity index (χ1n) is 4.72. The molecule has 2 heteroatoms. The molecule has 1 atom stereocenters. The Morgan fingerprint density at radius 2 is 2.00 bits per heavy atom. The highest BCUT2D eigenvalue weighted by molar-refractivity contribution is 5.79. The predicted octanol–water partition coefficient (Wildman–Crippen LogP) is 2.60. The van der Waals surface area contributed by atoms with Crippen LogP contribution in [-0.2, 0) is 0 Å². The van der Waals surface area contributed by atoms with Gasteiger partial charge in [0.25, 0.3) is 0 Å². The van der Waals surface area contributed by atoms with Crippen LogP contribution in [0.1, 0.15) is 24.3 Å². The van der Waals surface area contributed by atoms with Crippen molar-refractivity contribution in [2.45, 2.75) is 20.0 Å². The zero-order valence-corrected chi connectivity index (χ0v) is 8.36. The number of benzene rings is 1. The predicted molar refractivity (Wildman–Crippen MR) is 57.1 cm³/mol. The van der Waals surface area contributed by atoms with Gasteiger partial charge in [0.15, 0.2) is 0 Å². The summed E-state index contributed by atoms with van der Waals surface area (Å²) in [6.07, 6.45) is -0.416. The molecule has 0 spiro atoms. The Morgan fingerprint density at radius 1 is 1.21 bits per heavy atom. The molecule has 0 saturated carbocycles. The van der Waals surface area contributed by atoms with Crippen molar-refractivity contribution >= 4 is 10.9 Å². The van der Waals surface area contributed by atoms with Gasteiger partial charge in [-0.15, -0.1) is 0 Å². The van der Waals surface area contributed by atoms with Gasteiger partial charge < -0.3 is 5.11 Å². The minimum Gasteiger partial charge on any atom is -0.389 e. The Labute approximate surface area is 83.2 Å². The molecule has 2 nitrogen and oxygen atoms in total. The second-order valence-electron chi connectivity index (χ2n) is 3.58. The van der Waals surface area contributed by atoms with Crippen molar-refractivity contribution in [3.63, 3.8) is 0 Å². The van der Waals surface area contributed by atoms with Crippen LogP contribution in [0.25, 0.3) is 10.9 Å². The number of aliphatic hydroxyl groups is 1. The Bertz CT molecular complexity index is 463. The number of aliphatic hydroxyl groups excluding tert-OH is 1. The molecule has 0 aliphatic rings. The van der Waals surface area contributed by atoms with Gasteiger partial charge >= 0.3 is 0 Å². The quantitative estimate of drug-likeness (QED) is 0.744. The lowest BCUT2D eigenvalue weighted by molar-refractivity contribution is 0.199. The second-order valence-corrected chi connectivity index (χ2v) is 3.58. The van der Waals surface area contributed by atoms with Crippen molar-refractivity contribution in [2.24, 2.45) is 0 Å². The van der Waals surface area contributed by atoms with E-state index in [9.17, 15) is 5.11 Å². The van der Waals surface area contributed by atoms with E-state index >= 15 is 0 Å². The van der Waals surface area contributed by atoms with E-state index in [2.05, 4.69) is 4.98 Å². The van der Waals surface area contributed by atoms with Crippen LogP contribution >= 0.6 is 0 Å². The van der Waals surface area contributed by atoms with Crippen molar-refractivity contribution in [3.8, 4) is 0 Å². The maximum Gasteiger partial charge on any atom is 0.0762 e. The van der Waals surface area contributed by atoms with Crippen LogP contribution in [0.5, 0.6) is 0 Å². The maximum absolute atomic E-state index is 9.42. The largest absolute Gasteiger partial charge is 0.389 e. The summed E-state index contributed by atoms with van der Waals surface area (Å²) in [6, 6.07) is 9.86. The van der Waals surface area contributed by atoms with E-state index in [1.807, 2.05) is 37.3 Å². The fraction of sp³-hybridized carbons (Fsp3) is 0.250. The van der Waals surface area contributed by atoms with Gasteiger partial charge in [0.2, 0.25) is 0 Å². The van der Waals surface area contributed by atoms with Crippen LogP contribution in [0.4, 0.5) is 0 Å². The lowest BCUT2D eigenvalue weighted by atomic mass is 10.1. The van der Waals surface area contributed by atoms with Crippen molar-refractivity contribution in [3.05, 3.63) is 41.6 Å². The van der Waals surface area contributed by atoms with Gasteiger partial charge in [-0.1, -0.05) is 12.1 Å². The minimum atomic E-state index is -0.416. The number of fused-ring (bicyclic) bond motifs is 1. The number of hydrogen-bond acceptors (Lipinski definition) is 2. The number of aromatic nitrogens is 1. The van der Waals surface area contributed by atoms with Crippen molar-refractivity contribution in [1.82, 2.24) is 4.98 Å². The molecule has 1 aromatic heterocycles. The minimum absolute atomic E-state index is 0.416. The zero-order valence-electron chi connectivity index (χ0n) is 8.36. The lowest BCUT2D eigenvalue weighted by Gasteiger charge is -2.05. The van der Waals surface area contributed by atoms with E-state index in [1.165, 1.54) is 0 Å². The van der Waals surface area contributed by atoms with Crippen molar-refractivity contribution in [1.29, 1.82) is 0 Å². The molecule has 0 fully saturated rings. The zero-order chi connectivity index (χ0) is 10.1. The number of rotatable bonds is 1. The van der Waals surface area contributed by atoms with E-state index < -0.39 is 6.10 Å². The van der Waals surface area contributed by atoms with Gasteiger partial charge in [-0.3, -0.25) is 4.98 Å². The molecular formula is C12H13NO. The molecule has 0 aliphatic heterocycles. The summed E-state index contributed by atoms with van der Waals surface area (Å²) >= 11 is 0. The highest BCUT2D eigenvalue weighted by Crippen LogP contribution is 2.19. The number of nitrogens with zero attached hydrogens (tertiary/aromatic N) is 1. The van der Waals surface area contributed by atoms with Crippen molar-refractivity contribution in [2.75, 3.05) is 0 Å². The van der Waals surface area contributed by atoms with Crippen LogP contribution in [-0.4, -0.2) is 10.1 Å². The lowest BCUT2D eigenvalue weighted by Crippen LogP contribution is -1.91. The fourth-order valence-electron chi connectivity index (χ4n) is 1.51. The molecule has 1 aromatic carbocycles. The second kappa shape index (κ2) is 3.39. The standard InChI is InChI=1S/C12H13NO/c1-8-3-4-11-7-10(9(2)14)5-6-12(11)13-8/h3-7,9,14H,1-2H3/t9-/m1/s1. The number of aryl methyl sites for hydroxylation is 1. The molecule has 2 rings (SSSR count). The Kier molecular flexibility index (Phi) is 2.22. The molecule has 1 N–H and O–H groups in total. The molecule has 0 amide bonds. The first kappa shape index (κ1) is 9.16. The van der Waals surface area contributed by atoms with Gasteiger partial charge in [0, 0.05) is 11.1 Å². The topological polar surface area (TPSA) is 33.1 Å². The summed E-state index contributed by atoms with van der Waals surface area (Å²) in [4.78, 5) is 4.39. The average Bonchev–Trinajstić information content (AvgIpc) is 2.16. The Hall–Kier alpha value is -1.41. The molecule has 1 heterocycles. The Morgan fingerprint density at radius 3 is 2.71 bits per heavy atom. The number of pyridine rings is 1. The normalized spacial score (nSPS) is 13.1.